The van der Waals surface area contributed by atoms with Gasteiger partial charge in [0.05, 0.1) is 5.41 Å². The van der Waals surface area contributed by atoms with E-state index in [9.17, 15) is 14.7 Å². The fraction of sp³-hybridized carbons (Fsp3) is 0.500. The number of rotatable bonds is 5. The SMILES string of the molecule is CCC1(C(=O)O)CCN(C(=O)CCc2ccc(N)cc2)C1. The molecule has 1 aliphatic rings. The third-order valence-electron chi connectivity index (χ3n) is 4.44. The summed E-state index contributed by atoms with van der Waals surface area (Å²) in [5, 5.41) is 9.35. The fourth-order valence-corrected chi connectivity index (χ4v) is 2.79. The Balaban J connectivity index is 1.90. The molecule has 1 aromatic carbocycles. The minimum Gasteiger partial charge on any atom is -0.481 e. The highest BCUT2D eigenvalue weighted by Gasteiger charge is 2.44. The zero-order valence-corrected chi connectivity index (χ0v) is 12.3. The van der Waals surface area contributed by atoms with Crippen LogP contribution in [0, 0.1) is 5.41 Å². The number of aliphatic carboxylic acids is 1. The summed E-state index contributed by atoms with van der Waals surface area (Å²) in [6, 6.07) is 7.48. The number of carbonyl (C=O) groups excluding carboxylic acids is 1. The number of aryl methyl sites for hydroxylation is 1. The van der Waals surface area contributed by atoms with Gasteiger partial charge in [-0.2, -0.15) is 0 Å². The second-order valence-corrected chi connectivity index (χ2v) is 5.75. The second-order valence-electron chi connectivity index (χ2n) is 5.75. The highest BCUT2D eigenvalue weighted by atomic mass is 16.4. The van der Waals surface area contributed by atoms with E-state index >= 15 is 0 Å². The Hall–Kier alpha value is -2.04. The first kappa shape index (κ1) is 15.4. The van der Waals surface area contributed by atoms with Crippen LogP contribution in [0.4, 0.5) is 5.69 Å². The number of hydrogen-bond donors (Lipinski definition) is 2. The van der Waals surface area contributed by atoms with E-state index in [1.807, 2.05) is 31.2 Å². The van der Waals surface area contributed by atoms with Crippen LogP contribution in [0.15, 0.2) is 24.3 Å². The van der Waals surface area contributed by atoms with Crippen LogP contribution in [0.3, 0.4) is 0 Å². The van der Waals surface area contributed by atoms with Crippen LogP contribution in [0.25, 0.3) is 0 Å². The zero-order chi connectivity index (χ0) is 15.5. The topological polar surface area (TPSA) is 83.6 Å². The number of anilines is 1. The third-order valence-corrected chi connectivity index (χ3v) is 4.44. The van der Waals surface area contributed by atoms with Crippen LogP contribution in [0.5, 0.6) is 0 Å². The zero-order valence-electron chi connectivity index (χ0n) is 12.3. The van der Waals surface area contributed by atoms with Crippen molar-refractivity contribution in [2.24, 2.45) is 5.41 Å². The average molecular weight is 290 g/mol. The number of amides is 1. The van der Waals surface area contributed by atoms with Gasteiger partial charge in [-0.15, -0.1) is 0 Å². The lowest BCUT2D eigenvalue weighted by Gasteiger charge is -2.23. The quantitative estimate of drug-likeness (QED) is 0.811. The number of carboxylic acids is 1. The molecule has 0 aliphatic carbocycles. The van der Waals surface area contributed by atoms with Crippen LogP contribution >= 0.6 is 0 Å². The number of hydrogen-bond acceptors (Lipinski definition) is 3. The second kappa shape index (κ2) is 6.16. The molecule has 3 N–H and O–H groups in total. The molecule has 1 amide bonds. The Labute approximate surface area is 124 Å². The smallest absolute Gasteiger partial charge is 0.311 e. The molecule has 0 bridgehead atoms. The van der Waals surface area contributed by atoms with Crippen molar-refractivity contribution in [2.45, 2.75) is 32.6 Å². The first-order chi connectivity index (χ1) is 9.97. The van der Waals surface area contributed by atoms with E-state index in [4.69, 9.17) is 5.73 Å². The molecule has 1 unspecified atom stereocenters. The highest BCUT2D eigenvalue weighted by molar-refractivity contribution is 5.80. The highest BCUT2D eigenvalue weighted by Crippen LogP contribution is 2.34. The molecule has 0 spiro atoms. The van der Waals surface area contributed by atoms with Crippen molar-refractivity contribution >= 4 is 17.6 Å². The number of carboxylic acid groups (broad SMARTS) is 1. The van der Waals surface area contributed by atoms with E-state index in [0.29, 0.717) is 44.5 Å². The molecule has 1 saturated heterocycles. The van der Waals surface area contributed by atoms with Gasteiger partial charge in [-0.05, 0) is 37.0 Å². The van der Waals surface area contributed by atoms with Crippen molar-refractivity contribution in [3.8, 4) is 0 Å². The standard InChI is InChI=1S/C16H22N2O3/c1-2-16(15(20)21)9-10-18(11-16)14(19)8-5-12-3-6-13(17)7-4-12/h3-4,6-7H,2,5,8-11,17H2,1H3,(H,20,21). The number of nitrogens with two attached hydrogens (primary N) is 1. The maximum absolute atomic E-state index is 12.2. The molecule has 21 heavy (non-hydrogen) atoms. The summed E-state index contributed by atoms with van der Waals surface area (Å²) < 4.78 is 0. The van der Waals surface area contributed by atoms with Crippen molar-refractivity contribution in [3.63, 3.8) is 0 Å². The Morgan fingerprint density at radius 2 is 2.00 bits per heavy atom. The third kappa shape index (κ3) is 3.35. The molecule has 0 aromatic heterocycles. The maximum atomic E-state index is 12.2. The Kier molecular flexibility index (Phi) is 4.50. The number of likely N-dealkylation sites (tertiary alicyclic amines) is 1. The molecule has 1 heterocycles. The summed E-state index contributed by atoms with van der Waals surface area (Å²) in [6.07, 6.45) is 2.17. The first-order valence-corrected chi connectivity index (χ1v) is 7.32. The van der Waals surface area contributed by atoms with Gasteiger partial charge in [-0.25, -0.2) is 0 Å². The van der Waals surface area contributed by atoms with Crippen LogP contribution in [0.2, 0.25) is 0 Å². The predicted molar refractivity (Wildman–Crippen MR) is 80.7 cm³/mol. The van der Waals surface area contributed by atoms with Crippen molar-refractivity contribution in [2.75, 3.05) is 18.8 Å². The number of benzene rings is 1. The normalized spacial score (nSPS) is 21.5. The van der Waals surface area contributed by atoms with Gasteiger partial charge in [0.25, 0.3) is 0 Å². The lowest BCUT2D eigenvalue weighted by Crippen LogP contribution is -2.36. The van der Waals surface area contributed by atoms with E-state index in [2.05, 4.69) is 0 Å². The fourth-order valence-electron chi connectivity index (χ4n) is 2.79. The minimum absolute atomic E-state index is 0.0309. The van der Waals surface area contributed by atoms with Gasteiger partial charge in [-0.1, -0.05) is 19.1 Å². The number of nitrogens with zero attached hydrogens (tertiary/aromatic N) is 1. The summed E-state index contributed by atoms with van der Waals surface area (Å²) in [5.74, 6) is -0.762. The summed E-state index contributed by atoms with van der Waals surface area (Å²) in [5.41, 5.74) is 6.65. The van der Waals surface area contributed by atoms with Crippen LogP contribution in [-0.4, -0.2) is 35.0 Å². The lowest BCUT2D eigenvalue weighted by atomic mass is 9.84. The molecular weight excluding hydrogens is 268 g/mol. The van der Waals surface area contributed by atoms with Gasteiger partial charge in [-0.3, -0.25) is 9.59 Å². The molecule has 1 atom stereocenters. The number of carbonyl (C=O) groups is 2. The Morgan fingerprint density at radius 3 is 2.52 bits per heavy atom. The Bertz CT molecular complexity index is 527. The largest absolute Gasteiger partial charge is 0.481 e. The van der Waals surface area contributed by atoms with Crippen molar-refractivity contribution in [3.05, 3.63) is 29.8 Å². The molecule has 1 aliphatic heterocycles. The van der Waals surface area contributed by atoms with Crippen molar-refractivity contribution < 1.29 is 14.7 Å². The van der Waals surface area contributed by atoms with E-state index in [0.717, 1.165) is 5.56 Å². The van der Waals surface area contributed by atoms with E-state index in [1.54, 1.807) is 4.90 Å². The molecule has 0 radical (unpaired) electrons. The molecule has 1 aromatic rings. The van der Waals surface area contributed by atoms with Crippen LogP contribution < -0.4 is 5.73 Å². The van der Waals surface area contributed by atoms with Gasteiger partial charge in [0.2, 0.25) is 5.91 Å². The molecule has 1 fully saturated rings. The molecule has 5 nitrogen and oxygen atoms in total. The average Bonchev–Trinajstić information content (AvgIpc) is 2.92. The summed E-state index contributed by atoms with van der Waals surface area (Å²) in [7, 11) is 0. The molecular formula is C16H22N2O3. The van der Waals surface area contributed by atoms with Gasteiger partial charge >= 0.3 is 5.97 Å². The summed E-state index contributed by atoms with van der Waals surface area (Å²) in [4.78, 5) is 25.3. The van der Waals surface area contributed by atoms with Gasteiger partial charge in [0.1, 0.15) is 0 Å². The Morgan fingerprint density at radius 1 is 1.33 bits per heavy atom. The van der Waals surface area contributed by atoms with Crippen LogP contribution in [-0.2, 0) is 16.0 Å². The summed E-state index contributed by atoms with van der Waals surface area (Å²) >= 11 is 0. The molecule has 0 saturated carbocycles. The monoisotopic (exact) mass is 290 g/mol. The minimum atomic E-state index is -0.793. The van der Waals surface area contributed by atoms with E-state index in [-0.39, 0.29) is 5.91 Å². The van der Waals surface area contributed by atoms with E-state index < -0.39 is 11.4 Å². The predicted octanol–water partition coefficient (Wildman–Crippen LogP) is 1.91. The molecule has 2 rings (SSSR count). The van der Waals surface area contributed by atoms with E-state index in [1.165, 1.54) is 0 Å². The van der Waals surface area contributed by atoms with Crippen LogP contribution in [0.1, 0.15) is 31.7 Å². The van der Waals surface area contributed by atoms with Crippen molar-refractivity contribution in [1.82, 2.24) is 4.90 Å². The van der Waals surface area contributed by atoms with Gasteiger partial charge in [0, 0.05) is 25.2 Å². The van der Waals surface area contributed by atoms with Crippen molar-refractivity contribution in [1.29, 1.82) is 0 Å². The first-order valence-electron chi connectivity index (χ1n) is 7.32. The van der Waals surface area contributed by atoms with Gasteiger partial charge < -0.3 is 15.7 Å². The lowest BCUT2D eigenvalue weighted by molar-refractivity contribution is -0.148. The van der Waals surface area contributed by atoms with Gasteiger partial charge in [0.15, 0.2) is 0 Å². The molecule has 5 heteroatoms. The summed E-state index contributed by atoms with van der Waals surface area (Å²) in [6.45, 7) is 2.75. The maximum Gasteiger partial charge on any atom is 0.311 e. The molecule has 114 valence electrons. The number of nitrogen functional groups attached to an aromatic ring is 1.